The lowest BCUT2D eigenvalue weighted by atomic mass is 9.83. The summed E-state index contributed by atoms with van der Waals surface area (Å²) in [5, 5.41) is 11.5. The van der Waals surface area contributed by atoms with E-state index in [2.05, 4.69) is 16.0 Å². The van der Waals surface area contributed by atoms with E-state index in [1.165, 1.54) is 25.6 Å². The molecule has 38 heavy (non-hydrogen) atoms. The molecule has 206 valence electrons. The van der Waals surface area contributed by atoms with Gasteiger partial charge < -0.3 is 24.3 Å². The Morgan fingerprint density at radius 3 is 2.42 bits per heavy atom. The molecule has 2 unspecified atom stereocenters. The highest BCUT2D eigenvalue weighted by Gasteiger charge is 2.38. The van der Waals surface area contributed by atoms with E-state index in [4.69, 9.17) is 14.2 Å². The molecule has 1 aromatic carbocycles. The zero-order valence-electron chi connectivity index (χ0n) is 22.1. The summed E-state index contributed by atoms with van der Waals surface area (Å²) in [4.78, 5) is 9.18. The highest BCUT2D eigenvalue weighted by Crippen LogP contribution is 2.39. The van der Waals surface area contributed by atoms with E-state index in [1.54, 1.807) is 25.3 Å². The summed E-state index contributed by atoms with van der Waals surface area (Å²) in [5.74, 6) is 0.607. The normalized spacial score (nSPS) is 19.5. The molecule has 3 heterocycles. The van der Waals surface area contributed by atoms with Gasteiger partial charge in [0, 0.05) is 45.2 Å². The maximum Gasteiger partial charge on any atom is 0.190 e. The Hall–Kier alpha value is -2.08. The molecule has 8 nitrogen and oxygen atoms in total. The summed E-state index contributed by atoms with van der Waals surface area (Å²) in [5.41, 5.74) is 1.66. The van der Waals surface area contributed by atoms with Crippen molar-refractivity contribution in [2.75, 3.05) is 27.4 Å². The molecule has 1 saturated carbocycles. The Bertz CT molecular complexity index is 1320. The quantitative estimate of drug-likeness (QED) is 0.323. The van der Waals surface area contributed by atoms with Crippen LogP contribution in [0.4, 0.5) is 0 Å². The Morgan fingerprint density at radius 2 is 1.79 bits per heavy atom. The maximum atomic E-state index is 12.7. The van der Waals surface area contributed by atoms with E-state index in [1.807, 2.05) is 18.2 Å². The standard InChI is InChI=1S/C28H36N2O6S2/c1-28(31,27(34-2)35-3)25-17-29-26(37-25)24-11-10-23(30-24)22(16-18-12-14-36-15-13-18)19-4-6-20(7-5-19)38(32,33)21-8-9-21/h4-7,10-11,17-18,21-22,27,30-31H,8-9,12-16H2,1-3H3. The third-order valence-electron chi connectivity index (χ3n) is 7.69. The molecule has 2 N–H and O–H groups in total. The topological polar surface area (TPSA) is 111 Å². The second-order valence-corrected chi connectivity index (χ2v) is 13.7. The number of methoxy groups -OCH3 is 2. The molecule has 5 rings (SSSR count). The summed E-state index contributed by atoms with van der Waals surface area (Å²) >= 11 is 1.39. The van der Waals surface area contributed by atoms with E-state index in [0.29, 0.717) is 15.7 Å². The highest BCUT2D eigenvalue weighted by atomic mass is 32.2. The van der Waals surface area contributed by atoms with Crippen molar-refractivity contribution < 1.29 is 27.7 Å². The van der Waals surface area contributed by atoms with Crippen molar-refractivity contribution in [3.05, 3.63) is 58.7 Å². The van der Waals surface area contributed by atoms with Crippen molar-refractivity contribution >= 4 is 21.2 Å². The predicted molar refractivity (Wildman–Crippen MR) is 146 cm³/mol. The van der Waals surface area contributed by atoms with Gasteiger partial charge in [0.05, 0.1) is 20.7 Å². The van der Waals surface area contributed by atoms with Crippen LogP contribution in [0.3, 0.4) is 0 Å². The van der Waals surface area contributed by atoms with E-state index < -0.39 is 21.7 Å². The van der Waals surface area contributed by atoms with Crippen LogP contribution in [-0.2, 0) is 29.6 Å². The first-order valence-corrected chi connectivity index (χ1v) is 15.5. The highest BCUT2D eigenvalue weighted by molar-refractivity contribution is 7.92. The van der Waals surface area contributed by atoms with Crippen LogP contribution in [0.15, 0.2) is 47.5 Å². The molecule has 2 aromatic heterocycles. The maximum absolute atomic E-state index is 12.7. The van der Waals surface area contributed by atoms with Gasteiger partial charge in [-0.2, -0.15) is 0 Å². The smallest absolute Gasteiger partial charge is 0.190 e. The summed E-state index contributed by atoms with van der Waals surface area (Å²) in [7, 11) is -0.233. The lowest BCUT2D eigenvalue weighted by Crippen LogP contribution is -2.38. The zero-order valence-corrected chi connectivity index (χ0v) is 23.7. The van der Waals surface area contributed by atoms with Crippen molar-refractivity contribution in [1.29, 1.82) is 0 Å². The van der Waals surface area contributed by atoms with Gasteiger partial charge in [0.25, 0.3) is 0 Å². The summed E-state index contributed by atoms with van der Waals surface area (Å²) in [6.45, 7) is 3.20. The molecule has 3 aromatic rings. The minimum absolute atomic E-state index is 0.0819. The molecule has 0 radical (unpaired) electrons. The molecule has 1 aliphatic carbocycles. The Kier molecular flexibility index (Phi) is 8.09. The number of H-pyrrole nitrogens is 1. The zero-order chi connectivity index (χ0) is 26.9. The number of aliphatic hydroxyl groups is 1. The number of ether oxygens (including phenoxy) is 3. The van der Waals surface area contributed by atoms with Crippen LogP contribution < -0.4 is 0 Å². The van der Waals surface area contributed by atoms with Crippen molar-refractivity contribution in [2.45, 2.75) is 67.0 Å². The van der Waals surface area contributed by atoms with E-state index in [-0.39, 0.29) is 11.2 Å². The van der Waals surface area contributed by atoms with Crippen LogP contribution in [0.25, 0.3) is 10.7 Å². The van der Waals surface area contributed by atoms with Crippen molar-refractivity contribution in [3.8, 4) is 10.7 Å². The lowest BCUT2D eigenvalue weighted by molar-refractivity contribution is -0.211. The van der Waals surface area contributed by atoms with Gasteiger partial charge >= 0.3 is 0 Å². The largest absolute Gasteiger partial charge is 0.381 e. The number of hydrogen-bond acceptors (Lipinski definition) is 8. The molecule has 2 aliphatic rings. The Labute approximate surface area is 228 Å². The minimum atomic E-state index is -3.22. The molecule has 0 bridgehead atoms. The Balaban J connectivity index is 1.42. The van der Waals surface area contributed by atoms with Crippen molar-refractivity contribution in [3.63, 3.8) is 0 Å². The average Bonchev–Trinajstić information content (AvgIpc) is 3.47. The first-order valence-electron chi connectivity index (χ1n) is 13.1. The number of sulfone groups is 1. The van der Waals surface area contributed by atoms with Crippen LogP contribution in [-0.4, -0.2) is 62.5 Å². The fraction of sp³-hybridized carbons (Fsp3) is 0.536. The first-order chi connectivity index (χ1) is 18.2. The van der Waals surface area contributed by atoms with Gasteiger partial charge in [0.2, 0.25) is 0 Å². The molecule has 0 spiro atoms. The van der Waals surface area contributed by atoms with Crippen molar-refractivity contribution in [2.24, 2.45) is 5.92 Å². The number of aromatic amines is 1. The molecule has 1 aliphatic heterocycles. The number of hydrogen-bond donors (Lipinski definition) is 2. The van der Waals surface area contributed by atoms with Crippen LogP contribution >= 0.6 is 11.3 Å². The van der Waals surface area contributed by atoms with Crippen molar-refractivity contribution in [1.82, 2.24) is 9.97 Å². The minimum Gasteiger partial charge on any atom is -0.381 e. The van der Waals surface area contributed by atoms with Gasteiger partial charge in [-0.05, 0) is 74.8 Å². The van der Waals surface area contributed by atoms with Gasteiger partial charge in [0.15, 0.2) is 16.1 Å². The van der Waals surface area contributed by atoms with Crippen LogP contribution in [0.2, 0.25) is 0 Å². The average molecular weight is 561 g/mol. The molecule has 0 amide bonds. The SMILES string of the molecule is COC(OC)C(C)(O)c1cnc(-c2ccc(C(CC3CCOCC3)c3ccc(S(=O)(=O)C4CC4)cc3)[nH]2)s1. The number of rotatable bonds is 11. The first kappa shape index (κ1) is 27.5. The number of nitrogens with one attached hydrogen (secondary N) is 1. The summed E-state index contributed by atoms with van der Waals surface area (Å²) < 4.78 is 41.6. The monoisotopic (exact) mass is 560 g/mol. The third kappa shape index (κ3) is 5.61. The van der Waals surface area contributed by atoms with Gasteiger partial charge in [-0.3, -0.25) is 0 Å². The second kappa shape index (κ2) is 11.2. The van der Waals surface area contributed by atoms with Crippen LogP contribution in [0.5, 0.6) is 0 Å². The fourth-order valence-electron chi connectivity index (χ4n) is 5.26. The van der Waals surface area contributed by atoms with Gasteiger partial charge in [-0.25, -0.2) is 13.4 Å². The number of aromatic nitrogens is 2. The lowest BCUT2D eigenvalue weighted by Gasteiger charge is -2.28. The number of nitrogens with zero attached hydrogens (tertiary/aromatic N) is 1. The Morgan fingerprint density at radius 1 is 1.11 bits per heavy atom. The molecule has 2 fully saturated rings. The van der Waals surface area contributed by atoms with Gasteiger partial charge in [0.1, 0.15) is 10.6 Å². The summed E-state index contributed by atoms with van der Waals surface area (Å²) in [6.07, 6.45) is 5.33. The molecular weight excluding hydrogens is 524 g/mol. The number of benzene rings is 1. The van der Waals surface area contributed by atoms with Crippen LogP contribution in [0, 0.1) is 5.92 Å². The molecule has 10 heteroatoms. The fourth-order valence-corrected chi connectivity index (χ4v) is 7.87. The van der Waals surface area contributed by atoms with Gasteiger partial charge in [-0.15, -0.1) is 11.3 Å². The van der Waals surface area contributed by atoms with E-state index in [9.17, 15) is 13.5 Å². The summed E-state index contributed by atoms with van der Waals surface area (Å²) in [6, 6.07) is 11.6. The van der Waals surface area contributed by atoms with E-state index in [0.717, 1.165) is 67.3 Å². The second-order valence-electron chi connectivity index (χ2n) is 10.5. The molecule has 2 atom stereocenters. The third-order valence-corrected chi connectivity index (χ3v) is 11.2. The molecule has 1 saturated heterocycles. The molecular formula is C28H36N2O6S2. The predicted octanol–water partition coefficient (Wildman–Crippen LogP) is 4.85. The van der Waals surface area contributed by atoms with Gasteiger partial charge in [-0.1, -0.05) is 12.1 Å². The van der Waals surface area contributed by atoms with E-state index >= 15 is 0 Å². The number of thiazole rings is 1. The van der Waals surface area contributed by atoms with Crippen LogP contribution in [0.1, 0.15) is 61.1 Å².